The van der Waals surface area contributed by atoms with E-state index in [0.29, 0.717) is 38.8 Å². The fourth-order valence-electron chi connectivity index (χ4n) is 6.19. The summed E-state index contributed by atoms with van der Waals surface area (Å²) in [5.74, 6) is 0.782. The van der Waals surface area contributed by atoms with Crippen LogP contribution in [0.5, 0.6) is 0 Å². The smallest absolute Gasteiger partial charge is 0.408 e. The average Bonchev–Trinajstić information content (AvgIpc) is 2.98. The van der Waals surface area contributed by atoms with Crippen LogP contribution < -0.4 is 10.2 Å². The standard InChI is InChI=1S/C21H30N4O5/c1-20(21-7-6-15(9-16(26)11-21)25(21)19(28)29)10-14(23-18(27)30-2)12-24(13-20)17-5-3-4-8-22-17/h3-5,8,14-16,26H,6-7,9-13H2,1-2H3,(H,23,27)(H,28,29). The maximum atomic E-state index is 12.3. The number of amides is 2. The highest BCUT2D eigenvalue weighted by Crippen LogP contribution is 2.56. The molecule has 0 saturated carbocycles. The molecule has 3 fully saturated rings. The highest BCUT2D eigenvalue weighted by molar-refractivity contribution is 5.69. The van der Waals surface area contributed by atoms with Crippen LogP contribution in [0.15, 0.2) is 24.4 Å². The van der Waals surface area contributed by atoms with E-state index in [9.17, 15) is 19.8 Å². The third-order valence-electron chi connectivity index (χ3n) is 7.32. The van der Waals surface area contributed by atoms with Gasteiger partial charge in [0.25, 0.3) is 0 Å². The summed E-state index contributed by atoms with van der Waals surface area (Å²) in [5, 5.41) is 23.6. The first-order valence-corrected chi connectivity index (χ1v) is 10.5. The van der Waals surface area contributed by atoms with E-state index in [1.165, 1.54) is 7.11 Å². The number of hydrogen-bond acceptors (Lipinski definition) is 6. The van der Waals surface area contributed by atoms with Gasteiger partial charge in [-0.25, -0.2) is 14.6 Å². The Morgan fingerprint density at radius 2 is 2.13 bits per heavy atom. The first-order chi connectivity index (χ1) is 14.3. The van der Waals surface area contributed by atoms with Crippen molar-refractivity contribution in [3.8, 4) is 0 Å². The molecule has 3 N–H and O–H groups in total. The molecule has 0 radical (unpaired) electrons. The lowest BCUT2D eigenvalue weighted by atomic mass is 9.61. The molecule has 3 saturated heterocycles. The van der Waals surface area contributed by atoms with Gasteiger partial charge in [0.1, 0.15) is 5.82 Å². The number of aromatic nitrogens is 1. The maximum Gasteiger partial charge on any atom is 0.408 e. The van der Waals surface area contributed by atoms with Crippen molar-refractivity contribution in [2.75, 3.05) is 25.1 Å². The van der Waals surface area contributed by atoms with E-state index in [1.807, 2.05) is 18.2 Å². The second kappa shape index (κ2) is 7.61. The van der Waals surface area contributed by atoms with Crippen molar-refractivity contribution in [3.05, 3.63) is 24.4 Å². The number of rotatable bonds is 3. The van der Waals surface area contributed by atoms with E-state index < -0.39 is 29.2 Å². The number of methoxy groups -OCH3 is 1. The highest BCUT2D eigenvalue weighted by atomic mass is 16.5. The SMILES string of the molecule is COC(=O)NC1CN(c2ccccn2)CC(C)(C23CCC(CC(O)C2)N3C(=O)O)C1. The largest absolute Gasteiger partial charge is 0.465 e. The normalized spacial score (nSPS) is 35.8. The number of anilines is 1. The summed E-state index contributed by atoms with van der Waals surface area (Å²) in [5.41, 5.74) is -1.19. The van der Waals surface area contributed by atoms with Gasteiger partial charge >= 0.3 is 12.2 Å². The lowest BCUT2D eigenvalue weighted by molar-refractivity contribution is -0.0784. The van der Waals surface area contributed by atoms with Gasteiger partial charge in [0, 0.05) is 30.7 Å². The van der Waals surface area contributed by atoms with E-state index in [2.05, 4.69) is 22.1 Å². The Bertz CT molecular complexity index is 808. The minimum atomic E-state index is -0.932. The third kappa shape index (κ3) is 3.34. The van der Waals surface area contributed by atoms with Gasteiger partial charge in [-0.05, 0) is 44.2 Å². The summed E-state index contributed by atoms with van der Waals surface area (Å²) in [6.07, 6.45) is 2.70. The molecule has 0 aromatic carbocycles. The van der Waals surface area contributed by atoms with E-state index in [0.717, 1.165) is 12.2 Å². The van der Waals surface area contributed by atoms with Crippen LogP contribution in [0.25, 0.3) is 0 Å². The Morgan fingerprint density at radius 1 is 1.33 bits per heavy atom. The number of carbonyl (C=O) groups excluding carboxylic acids is 1. The van der Waals surface area contributed by atoms with Crippen molar-refractivity contribution in [1.29, 1.82) is 0 Å². The number of nitrogens with zero attached hydrogens (tertiary/aromatic N) is 3. The zero-order valence-corrected chi connectivity index (χ0v) is 17.5. The number of piperidine rings is 2. The molecular formula is C21H30N4O5. The number of carbonyl (C=O) groups is 2. The van der Waals surface area contributed by atoms with Crippen molar-refractivity contribution < 1.29 is 24.5 Å². The summed E-state index contributed by atoms with van der Waals surface area (Å²) in [7, 11) is 1.33. The molecule has 1 aromatic rings. The van der Waals surface area contributed by atoms with Crippen molar-refractivity contribution in [2.24, 2.45) is 5.41 Å². The van der Waals surface area contributed by atoms with Crippen LogP contribution in [0, 0.1) is 5.41 Å². The summed E-state index contributed by atoms with van der Waals surface area (Å²) < 4.78 is 4.81. The van der Waals surface area contributed by atoms with Gasteiger partial charge < -0.3 is 25.2 Å². The van der Waals surface area contributed by atoms with E-state index in [4.69, 9.17) is 4.74 Å². The highest BCUT2D eigenvalue weighted by Gasteiger charge is 2.63. The molecular weight excluding hydrogens is 388 g/mol. The number of nitrogens with one attached hydrogen (secondary N) is 1. The first kappa shape index (κ1) is 20.7. The maximum absolute atomic E-state index is 12.3. The van der Waals surface area contributed by atoms with Gasteiger partial charge in [-0.3, -0.25) is 4.90 Å². The Labute approximate surface area is 176 Å². The molecule has 164 valence electrons. The fraction of sp³-hybridized carbons (Fsp3) is 0.667. The second-order valence-electron chi connectivity index (χ2n) is 9.14. The topological polar surface area (TPSA) is 115 Å². The zero-order valence-electron chi connectivity index (χ0n) is 17.5. The molecule has 4 rings (SSSR count). The predicted octanol–water partition coefficient (Wildman–Crippen LogP) is 2.06. The van der Waals surface area contributed by atoms with Crippen LogP contribution in [-0.4, -0.2) is 76.2 Å². The lowest BCUT2D eigenvalue weighted by Crippen LogP contribution is -2.69. The molecule has 1 aromatic heterocycles. The molecule has 2 amide bonds. The fourth-order valence-corrected chi connectivity index (χ4v) is 6.19. The number of fused-ring (bicyclic) bond motifs is 2. The zero-order chi connectivity index (χ0) is 21.5. The van der Waals surface area contributed by atoms with Crippen LogP contribution in [0.2, 0.25) is 0 Å². The molecule has 9 heteroatoms. The molecule has 3 aliphatic heterocycles. The monoisotopic (exact) mass is 418 g/mol. The van der Waals surface area contributed by atoms with Crippen LogP contribution >= 0.6 is 0 Å². The van der Waals surface area contributed by atoms with Crippen LogP contribution in [0.1, 0.15) is 39.0 Å². The quantitative estimate of drug-likeness (QED) is 0.688. The summed E-state index contributed by atoms with van der Waals surface area (Å²) in [6, 6.07) is 5.28. The van der Waals surface area contributed by atoms with Crippen molar-refractivity contribution in [1.82, 2.24) is 15.2 Å². The Balaban J connectivity index is 1.73. The number of pyridine rings is 1. The van der Waals surface area contributed by atoms with E-state index in [1.54, 1.807) is 11.1 Å². The van der Waals surface area contributed by atoms with E-state index in [-0.39, 0.29) is 12.1 Å². The summed E-state index contributed by atoms with van der Waals surface area (Å²) in [6.45, 7) is 3.23. The Kier molecular flexibility index (Phi) is 5.25. The molecule has 30 heavy (non-hydrogen) atoms. The number of aliphatic hydroxyl groups excluding tert-OH is 1. The molecule has 3 aliphatic rings. The summed E-state index contributed by atoms with van der Waals surface area (Å²) in [4.78, 5) is 32.5. The molecule has 0 aliphatic carbocycles. The molecule has 4 heterocycles. The molecule has 9 nitrogen and oxygen atoms in total. The molecule has 5 unspecified atom stereocenters. The minimum absolute atomic E-state index is 0.166. The Morgan fingerprint density at radius 3 is 2.80 bits per heavy atom. The van der Waals surface area contributed by atoms with Gasteiger partial charge in [0.2, 0.25) is 0 Å². The number of aliphatic hydroxyl groups is 1. The Hall–Kier alpha value is -2.55. The number of alkyl carbamates (subject to hydrolysis) is 1. The molecule has 0 spiro atoms. The number of ether oxygens (including phenoxy) is 1. The molecule has 5 atom stereocenters. The average molecular weight is 418 g/mol. The van der Waals surface area contributed by atoms with Gasteiger partial charge in [-0.2, -0.15) is 0 Å². The predicted molar refractivity (Wildman–Crippen MR) is 109 cm³/mol. The van der Waals surface area contributed by atoms with Crippen molar-refractivity contribution >= 4 is 18.0 Å². The van der Waals surface area contributed by atoms with Crippen molar-refractivity contribution in [3.63, 3.8) is 0 Å². The van der Waals surface area contributed by atoms with Gasteiger partial charge in [0.05, 0.1) is 24.8 Å². The van der Waals surface area contributed by atoms with Gasteiger partial charge in [-0.1, -0.05) is 13.0 Å². The van der Waals surface area contributed by atoms with Crippen molar-refractivity contribution in [2.45, 2.75) is 62.8 Å². The van der Waals surface area contributed by atoms with Crippen LogP contribution in [0.4, 0.5) is 15.4 Å². The third-order valence-corrected chi connectivity index (χ3v) is 7.32. The number of hydrogen-bond donors (Lipinski definition) is 3. The second-order valence-corrected chi connectivity index (χ2v) is 9.14. The summed E-state index contributed by atoms with van der Waals surface area (Å²) >= 11 is 0. The number of carboxylic acid groups (broad SMARTS) is 1. The van der Waals surface area contributed by atoms with Crippen LogP contribution in [-0.2, 0) is 4.74 Å². The minimum Gasteiger partial charge on any atom is -0.465 e. The first-order valence-electron chi connectivity index (χ1n) is 10.5. The van der Waals surface area contributed by atoms with Gasteiger partial charge in [0.15, 0.2) is 0 Å². The van der Waals surface area contributed by atoms with Crippen LogP contribution in [0.3, 0.4) is 0 Å². The van der Waals surface area contributed by atoms with Gasteiger partial charge in [-0.15, -0.1) is 0 Å². The lowest BCUT2D eigenvalue weighted by Gasteiger charge is -2.59. The van der Waals surface area contributed by atoms with E-state index >= 15 is 0 Å². The molecule has 2 bridgehead atoms.